The molecule has 4 nitrogen and oxygen atoms in total. The number of carbonyl (C=O) groups is 1. The van der Waals surface area contributed by atoms with Crippen LogP contribution in [0.3, 0.4) is 0 Å². The number of hydrogen-bond donors (Lipinski definition) is 1. The first-order chi connectivity index (χ1) is 12.0. The summed E-state index contributed by atoms with van der Waals surface area (Å²) < 4.78 is 11.0. The number of morpholine rings is 1. The van der Waals surface area contributed by atoms with Crippen LogP contribution in [0.15, 0.2) is 36.4 Å². The van der Waals surface area contributed by atoms with Crippen LogP contribution in [0, 0.1) is 13.8 Å². The third-order valence-electron chi connectivity index (χ3n) is 4.56. The van der Waals surface area contributed by atoms with Crippen LogP contribution in [0.1, 0.15) is 27.0 Å². The van der Waals surface area contributed by atoms with E-state index in [1.54, 1.807) is 24.3 Å². The van der Waals surface area contributed by atoms with Gasteiger partial charge in [-0.15, -0.1) is 0 Å². The molecule has 0 bridgehead atoms. The Labute approximate surface area is 153 Å². The maximum absolute atomic E-state index is 12.3. The molecule has 0 spiro atoms. The highest BCUT2D eigenvalue weighted by molar-refractivity contribution is 6.30. The Morgan fingerprint density at radius 2 is 1.80 bits per heavy atom. The molecule has 0 radical (unpaired) electrons. The van der Waals surface area contributed by atoms with Gasteiger partial charge in [0.25, 0.3) is 0 Å². The minimum Gasteiger partial charge on any atom is -0.423 e. The number of rotatable bonds is 4. The summed E-state index contributed by atoms with van der Waals surface area (Å²) in [6, 6.07) is 10.8. The second kappa shape index (κ2) is 8.00. The summed E-state index contributed by atoms with van der Waals surface area (Å²) in [4.78, 5) is 13.8. The van der Waals surface area contributed by atoms with Gasteiger partial charge in [-0.2, -0.15) is 0 Å². The Morgan fingerprint density at radius 1 is 1.12 bits per heavy atom. The SMILES string of the molecule is Cc1cc(OC(=O)c2ccc(Cl)cc2)c(C)cc1C[NH+]1CCOCC1. The Kier molecular flexibility index (Phi) is 5.74. The first-order valence-corrected chi connectivity index (χ1v) is 8.90. The minimum absolute atomic E-state index is 0.370. The van der Waals surface area contributed by atoms with Gasteiger partial charge < -0.3 is 14.4 Å². The number of esters is 1. The van der Waals surface area contributed by atoms with Crippen molar-refractivity contribution >= 4 is 17.6 Å². The number of hydrogen-bond acceptors (Lipinski definition) is 3. The van der Waals surface area contributed by atoms with Crippen LogP contribution in [0.4, 0.5) is 0 Å². The van der Waals surface area contributed by atoms with Crippen LogP contribution < -0.4 is 9.64 Å². The summed E-state index contributed by atoms with van der Waals surface area (Å²) in [6.07, 6.45) is 0. The third-order valence-corrected chi connectivity index (χ3v) is 4.81. The summed E-state index contributed by atoms with van der Waals surface area (Å²) in [5.41, 5.74) is 3.89. The summed E-state index contributed by atoms with van der Waals surface area (Å²) in [5.74, 6) is 0.240. The van der Waals surface area contributed by atoms with Gasteiger partial charge in [-0.1, -0.05) is 11.6 Å². The largest absolute Gasteiger partial charge is 0.423 e. The highest BCUT2D eigenvalue weighted by Crippen LogP contribution is 2.24. The van der Waals surface area contributed by atoms with Gasteiger partial charge in [0, 0.05) is 10.6 Å². The van der Waals surface area contributed by atoms with Gasteiger partial charge in [-0.25, -0.2) is 4.79 Å². The lowest BCUT2D eigenvalue weighted by atomic mass is 10.0. The van der Waals surface area contributed by atoms with E-state index < -0.39 is 0 Å². The quantitative estimate of drug-likeness (QED) is 0.673. The van der Waals surface area contributed by atoms with Crippen LogP contribution in [-0.4, -0.2) is 32.3 Å². The molecule has 0 aromatic heterocycles. The van der Waals surface area contributed by atoms with Gasteiger partial charge in [-0.05, 0) is 61.4 Å². The summed E-state index contributed by atoms with van der Waals surface area (Å²) in [6.45, 7) is 8.73. The Bertz CT molecular complexity index is 752. The van der Waals surface area contributed by atoms with E-state index in [1.807, 2.05) is 13.0 Å². The molecule has 5 heteroatoms. The smallest absolute Gasteiger partial charge is 0.343 e. The van der Waals surface area contributed by atoms with Crippen molar-refractivity contribution in [2.24, 2.45) is 0 Å². The summed E-state index contributed by atoms with van der Waals surface area (Å²) in [5, 5.41) is 0.596. The van der Waals surface area contributed by atoms with Crippen molar-refractivity contribution < 1.29 is 19.2 Å². The van der Waals surface area contributed by atoms with Crippen molar-refractivity contribution in [1.29, 1.82) is 0 Å². The molecule has 1 saturated heterocycles. The monoisotopic (exact) mass is 360 g/mol. The average Bonchev–Trinajstić information content (AvgIpc) is 2.60. The lowest BCUT2D eigenvalue weighted by molar-refractivity contribution is -0.921. The molecule has 132 valence electrons. The number of ether oxygens (including phenoxy) is 2. The molecule has 0 saturated carbocycles. The third kappa shape index (κ3) is 4.60. The zero-order valence-electron chi connectivity index (χ0n) is 14.6. The zero-order valence-corrected chi connectivity index (χ0v) is 15.4. The fourth-order valence-corrected chi connectivity index (χ4v) is 3.13. The topological polar surface area (TPSA) is 40.0 Å². The highest BCUT2D eigenvalue weighted by atomic mass is 35.5. The summed E-state index contributed by atoms with van der Waals surface area (Å²) in [7, 11) is 0. The minimum atomic E-state index is -0.370. The van der Waals surface area contributed by atoms with Crippen molar-refractivity contribution in [2.75, 3.05) is 26.3 Å². The molecule has 1 N–H and O–H groups in total. The molecule has 25 heavy (non-hydrogen) atoms. The van der Waals surface area contributed by atoms with Gasteiger partial charge in [0.1, 0.15) is 25.4 Å². The number of halogens is 1. The maximum atomic E-state index is 12.3. The number of aryl methyl sites for hydroxylation is 2. The van der Waals surface area contributed by atoms with E-state index in [-0.39, 0.29) is 5.97 Å². The molecule has 0 unspecified atom stereocenters. The number of carbonyl (C=O) groups excluding carboxylic acids is 1. The van der Waals surface area contributed by atoms with Crippen molar-refractivity contribution in [3.8, 4) is 5.75 Å². The fourth-order valence-electron chi connectivity index (χ4n) is 3.00. The van der Waals surface area contributed by atoms with Crippen LogP contribution >= 0.6 is 11.6 Å². The standard InChI is InChI=1S/C20H22ClNO3/c1-14-12-19(25-20(23)16-3-5-18(21)6-4-16)15(2)11-17(14)13-22-7-9-24-10-8-22/h3-6,11-12H,7-10,13H2,1-2H3/p+1. The molecule has 2 aromatic carbocycles. The second-order valence-electron chi connectivity index (χ2n) is 6.48. The van der Waals surface area contributed by atoms with Crippen molar-refractivity contribution in [2.45, 2.75) is 20.4 Å². The average molecular weight is 361 g/mol. The van der Waals surface area contributed by atoms with Gasteiger partial charge >= 0.3 is 5.97 Å². The van der Waals surface area contributed by atoms with E-state index >= 15 is 0 Å². The molecule has 3 rings (SSSR count). The van der Waals surface area contributed by atoms with E-state index in [0.29, 0.717) is 16.3 Å². The maximum Gasteiger partial charge on any atom is 0.343 e. The molecule has 1 aliphatic heterocycles. The molecule has 0 atom stereocenters. The first-order valence-electron chi connectivity index (χ1n) is 8.52. The van der Waals surface area contributed by atoms with Crippen LogP contribution in [0.2, 0.25) is 5.02 Å². The van der Waals surface area contributed by atoms with Gasteiger partial charge in [-0.3, -0.25) is 0 Å². The van der Waals surface area contributed by atoms with E-state index in [9.17, 15) is 4.79 Å². The summed E-state index contributed by atoms with van der Waals surface area (Å²) >= 11 is 5.86. The Balaban J connectivity index is 1.72. The Morgan fingerprint density at radius 3 is 2.48 bits per heavy atom. The van der Waals surface area contributed by atoms with Gasteiger partial charge in [0.2, 0.25) is 0 Å². The first kappa shape index (κ1) is 17.9. The number of benzene rings is 2. The number of quaternary nitrogens is 1. The molecular formula is C20H23ClNO3+. The normalized spacial score (nSPS) is 15.2. The predicted molar refractivity (Wildman–Crippen MR) is 97.5 cm³/mol. The molecular weight excluding hydrogens is 338 g/mol. The van der Waals surface area contributed by atoms with Crippen LogP contribution in [0.5, 0.6) is 5.75 Å². The molecule has 2 aromatic rings. The molecule has 1 heterocycles. The predicted octanol–water partition coefficient (Wildman–Crippen LogP) is 2.59. The molecule has 0 amide bonds. The molecule has 0 aliphatic carbocycles. The van der Waals surface area contributed by atoms with Crippen molar-refractivity contribution in [1.82, 2.24) is 0 Å². The lowest BCUT2D eigenvalue weighted by Gasteiger charge is -2.24. The van der Waals surface area contributed by atoms with E-state index in [0.717, 1.165) is 44.0 Å². The van der Waals surface area contributed by atoms with E-state index in [2.05, 4.69) is 13.0 Å². The second-order valence-corrected chi connectivity index (χ2v) is 6.92. The van der Waals surface area contributed by atoms with Crippen LogP contribution in [-0.2, 0) is 11.3 Å². The zero-order chi connectivity index (χ0) is 17.8. The Hall–Kier alpha value is -1.88. The lowest BCUT2D eigenvalue weighted by Crippen LogP contribution is -3.12. The van der Waals surface area contributed by atoms with Crippen molar-refractivity contribution in [3.63, 3.8) is 0 Å². The van der Waals surface area contributed by atoms with Crippen molar-refractivity contribution in [3.05, 3.63) is 63.7 Å². The van der Waals surface area contributed by atoms with E-state index in [4.69, 9.17) is 21.1 Å². The molecule has 1 fully saturated rings. The van der Waals surface area contributed by atoms with Gasteiger partial charge in [0.15, 0.2) is 0 Å². The van der Waals surface area contributed by atoms with Gasteiger partial charge in [0.05, 0.1) is 18.8 Å². The van der Waals surface area contributed by atoms with E-state index in [1.165, 1.54) is 10.5 Å². The fraction of sp³-hybridized carbons (Fsp3) is 0.350. The molecule has 1 aliphatic rings. The number of nitrogens with one attached hydrogen (secondary N) is 1. The van der Waals surface area contributed by atoms with Crippen LogP contribution in [0.25, 0.3) is 0 Å². The highest BCUT2D eigenvalue weighted by Gasteiger charge is 2.17.